The van der Waals surface area contributed by atoms with E-state index in [1.54, 1.807) is 18.2 Å². The zero-order valence-electron chi connectivity index (χ0n) is 20.3. The molecule has 1 saturated heterocycles. The summed E-state index contributed by atoms with van der Waals surface area (Å²) in [4.78, 5) is 2.00. The smallest absolute Gasteiger partial charge is 0.416 e. The van der Waals surface area contributed by atoms with Crippen molar-refractivity contribution in [1.29, 1.82) is 0 Å². The lowest BCUT2D eigenvalue weighted by Gasteiger charge is -2.47. The molecule has 0 saturated carbocycles. The largest absolute Gasteiger partial charge is 0.459 e. The van der Waals surface area contributed by atoms with Gasteiger partial charge in [-0.05, 0) is 49.4 Å². The molecule has 0 aliphatic carbocycles. The van der Waals surface area contributed by atoms with Crippen LogP contribution in [0.2, 0.25) is 0 Å². The third kappa shape index (κ3) is 5.05. The number of piperazine rings is 1. The van der Waals surface area contributed by atoms with Crippen LogP contribution in [0.3, 0.4) is 0 Å². The predicted octanol–water partition coefficient (Wildman–Crippen LogP) is 7.44. The summed E-state index contributed by atoms with van der Waals surface area (Å²) in [5, 5.41) is -0.439. The fourth-order valence-corrected chi connectivity index (χ4v) is 8.68. The molecule has 1 aromatic heterocycles. The van der Waals surface area contributed by atoms with E-state index in [1.165, 1.54) is 12.1 Å². The van der Waals surface area contributed by atoms with Crippen LogP contribution < -0.4 is 10.4 Å². The average Bonchev–Trinajstić information content (AvgIpc) is 3.23. The van der Waals surface area contributed by atoms with Crippen LogP contribution in [0, 0.1) is 12.7 Å². The summed E-state index contributed by atoms with van der Waals surface area (Å²) < 4.78 is 68.3. The van der Waals surface area contributed by atoms with E-state index in [9.17, 15) is 17.6 Å². The maximum Gasteiger partial charge on any atom is 0.416 e. The molecule has 1 atom stereocenters. The highest BCUT2D eigenvalue weighted by Gasteiger charge is 2.45. The Kier molecular flexibility index (Phi) is 6.91. The SMILES string of the molecule is Cc1ccc(P(=Nc2cccc(C(F)(F)F)c2)(N2CCN(c3ccccc3F)CC2)C(C)(C)C)o1. The van der Waals surface area contributed by atoms with Gasteiger partial charge < -0.3 is 9.32 Å². The molecule has 1 aliphatic heterocycles. The number of aryl methyl sites for hydroxylation is 1. The second-order valence-corrected chi connectivity index (χ2v) is 13.4. The van der Waals surface area contributed by atoms with Crippen LogP contribution in [0.25, 0.3) is 0 Å². The topological polar surface area (TPSA) is 32.0 Å². The quantitative estimate of drug-likeness (QED) is 0.272. The van der Waals surface area contributed by atoms with Crippen molar-refractivity contribution in [3.8, 4) is 0 Å². The molecule has 1 aliphatic rings. The first-order valence-corrected chi connectivity index (χ1v) is 13.2. The molecule has 1 fully saturated rings. The van der Waals surface area contributed by atoms with Crippen molar-refractivity contribution >= 4 is 24.1 Å². The van der Waals surface area contributed by atoms with Crippen LogP contribution in [-0.2, 0) is 6.18 Å². The molecular weight excluding hydrogens is 477 g/mol. The number of anilines is 1. The minimum atomic E-state index is -4.46. The normalized spacial score (nSPS) is 17.3. The maximum absolute atomic E-state index is 14.4. The fourth-order valence-electron chi connectivity index (χ4n) is 4.59. The number of furan rings is 1. The molecule has 4 nitrogen and oxygen atoms in total. The molecule has 188 valence electrons. The third-order valence-corrected chi connectivity index (χ3v) is 10.7. The molecule has 9 heteroatoms. The van der Waals surface area contributed by atoms with Gasteiger partial charge in [0.1, 0.15) is 18.8 Å². The van der Waals surface area contributed by atoms with Crippen molar-refractivity contribution in [2.75, 3.05) is 31.1 Å². The minimum absolute atomic E-state index is 0.270. The molecule has 0 amide bonds. The summed E-state index contributed by atoms with van der Waals surface area (Å²) in [5.74, 6) is 0.450. The number of hydrogen-bond acceptors (Lipinski definition) is 3. The molecule has 0 N–H and O–H groups in total. The molecule has 3 aromatic rings. The van der Waals surface area contributed by atoms with Crippen molar-refractivity contribution in [2.45, 2.75) is 39.0 Å². The first-order chi connectivity index (χ1) is 16.4. The summed E-state index contributed by atoms with van der Waals surface area (Å²) in [5.41, 5.74) is 0.772. The molecule has 0 radical (unpaired) electrons. The zero-order valence-corrected chi connectivity index (χ0v) is 21.2. The van der Waals surface area contributed by atoms with E-state index in [2.05, 4.69) is 25.4 Å². The van der Waals surface area contributed by atoms with Gasteiger partial charge in [0.2, 0.25) is 0 Å². The standard InChI is InChI=1S/C26H30F4N3OP/c1-19-12-13-24(34-19)35(25(2,3)4,31-21-9-7-8-20(18-21)26(28,29)30)33-16-14-32(15-17-33)23-11-6-5-10-22(23)27/h5-13,18H,14-17H2,1-4H3. The second kappa shape index (κ2) is 9.47. The molecule has 1 unspecified atom stereocenters. The predicted molar refractivity (Wildman–Crippen MR) is 133 cm³/mol. The first-order valence-electron chi connectivity index (χ1n) is 11.5. The molecule has 4 rings (SSSR count). The number of halogens is 4. The monoisotopic (exact) mass is 507 g/mol. The van der Waals surface area contributed by atoms with Crippen molar-refractivity contribution in [3.63, 3.8) is 0 Å². The van der Waals surface area contributed by atoms with Crippen molar-refractivity contribution in [3.05, 3.63) is 77.8 Å². The van der Waals surface area contributed by atoms with Gasteiger partial charge >= 0.3 is 6.18 Å². The van der Waals surface area contributed by atoms with Crippen molar-refractivity contribution < 1.29 is 22.0 Å². The summed E-state index contributed by atoms with van der Waals surface area (Å²) in [7, 11) is -2.71. The number of alkyl halides is 3. The lowest BCUT2D eigenvalue weighted by Crippen LogP contribution is -2.49. The van der Waals surface area contributed by atoms with Crippen LogP contribution in [0.1, 0.15) is 32.1 Å². The van der Waals surface area contributed by atoms with Crippen LogP contribution in [0.4, 0.5) is 28.9 Å². The van der Waals surface area contributed by atoms with Crippen LogP contribution in [0.5, 0.6) is 0 Å². The number of rotatable bonds is 4. The van der Waals surface area contributed by atoms with E-state index in [0.29, 0.717) is 37.4 Å². The Morgan fingerprint density at radius 1 is 0.886 bits per heavy atom. The number of para-hydroxylation sites is 1. The van der Waals surface area contributed by atoms with Crippen LogP contribution in [-0.4, -0.2) is 36.0 Å². The summed E-state index contributed by atoms with van der Waals surface area (Å²) in [6, 6.07) is 15.6. The highest BCUT2D eigenvalue weighted by Crippen LogP contribution is 2.64. The second-order valence-electron chi connectivity index (χ2n) is 9.70. The third-order valence-electron chi connectivity index (χ3n) is 6.26. The Bertz CT molecular complexity index is 1240. The lowest BCUT2D eigenvalue weighted by atomic mass is 10.2. The fraction of sp³-hybridized carbons (Fsp3) is 0.385. The molecule has 0 bridgehead atoms. The zero-order chi connectivity index (χ0) is 25.4. The molecule has 2 aromatic carbocycles. The average molecular weight is 508 g/mol. The van der Waals surface area contributed by atoms with Gasteiger partial charge in [-0.1, -0.05) is 39.0 Å². The Morgan fingerprint density at radius 2 is 1.57 bits per heavy atom. The Hall–Kier alpha value is -2.57. The van der Waals surface area contributed by atoms with Crippen molar-refractivity contribution in [2.24, 2.45) is 4.74 Å². The number of benzene rings is 2. The van der Waals surface area contributed by atoms with E-state index in [1.807, 2.05) is 30.0 Å². The summed E-state index contributed by atoms with van der Waals surface area (Å²) in [6.07, 6.45) is -4.46. The van der Waals surface area contributed by atoms with Gasteiger partial charge in [0.05, 0.1) is 16.9 Å². The van der Waals surface area contributed by atoms with E-state index in [-0.39, 0.29) is 11.5 Å². The Balaban J connectivity index is 1.82. The van der Waals surface area contributed by atoms with Crippen molar-refractivity contribution in [1.82, 2.24) is 4.67 Å². The van der Waals surface area contributed by atoms with Gasteiger partial charge in [-0.2, -0.15) is 13.2 Å². The van der Waals surface area contributed by atoms with E-state index < -0.39 is 24.1 Å². The van der Waals surface area contributed by atoms with E-state index >= 15 is 0 Å². The van der Waals surface area contributed by atoms with Gasteiger partial charge in [-0.15, -0.1) is 0 Å². The van der Waals surface area contributed by atoms with Gasteiger partial charge in [0.15, 0.2) is 5.50 Å². The van der Waals surface area contributed by atoms with E-state index in [4.69, 9.17) is 9.16 Å². The first kappa shape index (κ1) is 25.5. The molecular formula is C26H30F4N3OP. The summed E-state index contributed by atoms with van der Waals surface area (Å²) >= 11 is 0. The number of hydrogen-bond donors (Lipinski definition) is 0. The molecule has 2 heterocycles. The Labute approximate surface area is 203 Å². The van der Waals surface area contributed by atoms with Gasteiger partial charge in [0, 0.05) is 31.3 Å². The van der Waals surface area contributed by atoms with Gasteiger partial charge in [-0.3, -0.25) is 4.67 Å². The van der Waals surface area contributed by atoms with Gasteiger partial charge in [0.25, 0.3) is 0 Å². The van der Waals surface area contributed by atoms with Crippen LogP contribution in [0.15, 0.2) is 69.8 Å². The molecule has 0 spiro atoms. The highest BCUT2D eigenvalue weighted by molar-refractivity contribution is 7.72. The Morgan fingerprint density at radius 3 is 2.14 bits per heavy atom. The minimum Gasteiger partial charge on any atom is -0.459 e. The lowest BCUT2D eigenvalue weighted by molar-refractivity contribution is -0.137. The number of nitrogens with zero attached hydrogens (tertiary/aromatic N) is 3. The van der Waals surface area contributed by atoms with Crippen LogP contribution >= 0.6 is 7.21 Å². The van der Waals surface area contributed by atoms with E-state index in [0.717, 1.165) is 17.9 Å². The maximum atomic E-state index is 14.4. The van der Waals surface area contributed by atoms with Gasteiger partial charge in [-0.25, -0.2) is 9.14 Å². The summed E-state index contributed by atoms with van der Waals surface area (Å²) in [6.45, 7) is 10.3. The highest BCUT2D eigenvalue weighted by atomic mass is 31.2. The molecule has 35 heavy (non-hydrogen) atoms.